The van der Waals surface area contributed by atoms with Gasteiger partial charge in [0.15, 0.2) is 9.84 Å². The van der Waals surface area contributed by atoms with Gasteiger partial charge in [-0.25, -0.2) is 8.42 Å². The lowest BCUT2D eigenvalue weighted by Gasteiger charge is -2.09. The Bertz CT molecular complexity index is 465. The summed E-state index contributed by atoms with van der Waals surface area (Å²) in [4.78, 5) is 10.8. The van der Waals surface area contributed by atoms with Crippen LogP contribution >= 0.6 is 0 Å². The summed E-state index contributed by atoms with van der Waals surface area (Å²) in [5.74, 6) is -0.869. The van der Waals surface area contributed by atoms with Crippen LogP contribution in [0, 0.1) is 0 Å². The molecule has 82 valence electrons. The monoisotopic (exact) mass is 228 g/mol. The molecule has 4 N–H and O–H groups in total. The van der Waals surface area contributed by atoms with Crippen molar-refractivity contribution in [2.24, 2.45) is 5.73 Å². The van der Waals surface area contributed by atoms with Gasteiger partial charge in [-0.2, -0.15) is 0 Å². The van der Waals surface area contributed by atoms with Crippen LogP contribution in [0.25, 0.3) is 0 Å². The highest BCUT2D eigenvalue weighted by Gasteiger charge is 2.27. The van der Waals surface area contributed by atoms with Crippen LogP contribution in [0.4, 0.5) is 5.69 Å². The Morgan fingerprint density at radius 3 is 2.13 bits per heavy atom. The third-order valence-corrected chi connectivity index (χ3v) is 4.17. The number of anilines is 1. The van der Waals surface area contributed by atoms with E-state index in [-0.39, 0.29) is 4.90 Å². The van der Waals surface area contributed by atoms with Crippen LogP contribution < -0.4 is 11.5 Å². The molecule has 0 aliphatic heterocycles. The molecule has 1 aromatic rings. The van der Waals surface area contributed by atoms with E-state index < -0.39 is 21.0 Å². The maximum Gasteiger partial charge on any atom is 0.235 e. The van der Waals surface area contributed by atoms with Crippen LogP contribution in [-0.4, -0.2) is 19.6 Å². The Balaban J connectivity index is 3.17. The molecule has 1 rings (SSSR count). The molecule has 0 saturated heterocycles. The highest BCUT2D eigenvalue weighted by Crippen LogP contribution is 2.17. The van der Waals surface area contributed by atoms with Crippen molar-refractivity contribution in [2.75, 3.05) is 5.73 Å². The topological polar surface area (TPSA) is 103 Å². The van der Waals surface area contributed by atoms with Gasteiger partial charge >= 0.3 is 0 Å². The van der Waals surface area contributed by atoms with Crippen molar-refractivity contribution in [1.29, 1.82) is 0 Å². The lowest BCUT2D eigenvalue weighted by Crippen LogP contribution is -2.33. The minimum Gasteiger partial charge on any atom is -0.399 e. The van der Waals surface area contributed by atoms with Crippen molar-refractivity contribution in [2.45, 2.75) is 17.1 Å². The molecular formula is C9H12N2O3S. The molecule has 0 aliphatic rings. The minimum atomic E-state index is -3.69. The minimum absolute atomic E-state index is 0.0444. The summed E-state index contributed by atoms with van der Waals surface area (Å²) >= 11 is 0. The molecule has 0 bridgehead atoms. The fourth-order valence-corrected chi connectivity index (χ4v) is 2.24. The molecule has 0 aromatic heterocycles. The first-order chi connectivity index (χ1) is 6.85. The van der Waals surface area contributed by atoms with E-state index in [1.807, 2.05) is 0 Å². The lowest BCUT2D eigenvalue weighted by molar-refractivity contribution is -0.117. The second-order valence-corrected chi connectivity index (χ2v) is 5.43. The first-order valence-corrected chi connectivity index (χ1v) is 5.79. The number of nitrogens with two attached hydrogens (primary N) is 2. The largest absolute Gasteiger partial charge is 0.399 e. The second kappa shape index (κ2) is 3.90. The van der Waals surface area contributed by atoms with Crippen LogP contribution in [-0.2, 0) is 14.6 Å². The van der Waals surface area contributed by atoms with Crippen LogP contribution in [0.5, 0.6) is 0 Å². The van der Waals surface area contributed by atoms with Gasteiger partial charge in [-0.1, -0.05) is 0 Å². The van der Waals surface area contributed by atoms with E-state index in [2.05, 4.69) is 0 Å². The van der Waals surface area contributed by atoms with E-state index in [4.69, 9.17) is 11.5 Å². The van der Waals surface area contributed by atoms with Gasteiger partial charge in [-0.3, -0.25) is 4.79 Å². The number of carbonyl (C=O) groups is 1. The number of nitrogen functional groups attached to an aromatic ring is 1. The highest BCUT2D eigenvalue weighted by molar-refractivity contribution is 7.92. The third kappa shape index (κ3) is 2.27. The van der Waals surface area contributed by atoms with Crippen molar-refractivity contribution >= 4 is 21.4 Å². The predicted molar refractivity (Wildman–Crippen MR) is 56.7 cm³/mol. The van der Waals surface area contributed by atoms with E-state index in [0.717, 1.165) is 0 Å². The third-order valence-electron chi connectivity index (χ3n) is 2.07. The van der Waals surface area contributed by atoms with Crippen LogP contribution in [0.2, 0.25) is 0 Å². The summed E-state index contributed by atoms with van der Waals surface area (Å²) in [6.07, 6.45) is 0. The lowest BCUT2D eigenvalue weighted by atomic mass is 10.3. The number of hydrogen-bond donors (Lipinski definition) is 2. The van der Waals surface area contributed by atoms with Gasteiger partial charge in [0.2, 0.25) is 5.91 Å². The van der Waals surface area contributed by atoms with Crippen LogP contribution in [0.3, 0.4) is 0 Å². The molecule has 0 heterocycles. The molecule has 0 aliphatic carbocycles. The number of carbonyl (C=O) groups excluding carboxylic acids is 1. The van der Waals surface area contributed by atoms with Gasteiger partial charge in [0.05, 0.1) is 4.90 Å². The maximum atomic E-state index is 11.7. The zero-order valence-corrected chi connectivity index (χ0v) is 8.99. The molecule has 6 heteroatoms. The Hall–Kier alpha value is -1.56. The number of amides is 1. The highest BCUT2D eigenvalue weighted by atomic mass is 32.2. The average Bonchev–Trinajstić information content (AvgIpc) is 2.17. The molecule has 0 fully saturated rings. The zero-order chi connectivity index (χ0) is 11.6. The maximum absolute atomic E-state index is 11.7. The fraction of sp³-hybridized carbons (Fsp3) is 0.222. The summed E-state index contributed by atoms with van der Waals surface area (Å²) in [6.45, 7) is 1.26. The number of hydrogen-bond acceptors (Lipinski definition) is 4. The molecular weight excluding hydrogens is 216 g/mol. The quantitative estimate of drug-likeness (QED) is 0.706. The van der Waals surface area contributed by atoms with Gasteiger partial charge in [0.25, 0.3) is 0 Å². The van der Waals surface area contributed by atoms with Gasteiger partial charge in [-0.15, -0.1) is 0 Å². The zero-order valence-electron chi connectivity index (χ0n) is 8.17. The number of sulfone groups is 1. The van der Waals surface area contributed by atoms with Crippen LogP contribution in [0.1, 0.15) is 6.92 Å². The van der Waals surface area contributed by atoms with Crippen molar-refractivity contribution in [3.05, 3.63) is 24.3 Å². The van der Waals surface area contributed by atoms with Gasteiger partial charge in [-0.05, 0) is 31.2 Å². The number of benzene rings is 1. The predicted octanol–water partition coefficient (Wildman–Crippen LogP) is -0.0837. The Morgan fingerprint density at radius 2 is 1.73 bits per heavy atom. The second-order valence-electron chi connectivity index (χ2n) is 3.16. The Kier molecular flexibility index (Phi) is 2.99. The molecule has 0 saturated carbocycles. The first-order valence-electron chi connectivity index (χ1n) is 4.24. The van der Waals surface area contributed by atoms with E-state index in [9.17, 15) is 13.2 Å². The van der Waals surface area contributed by atoms with Gasteiger partial charge in [0, 0.05) is 5.69 Å². The van der Waals surface area contributed by atoms with Gasteiger partial charge < -0.3 is 11.5 Å². The van der Waals surface area contributed by atoms with Gasteiger partial charge in [0.1, 0.15) is 5.25 Å². The molecule has 1 amide bonds. The fourth-order valence-electron chi connectivity index (χ4n) is 1.01. The molecule has 15 heavy (non-hydrogen) atoms. The SMILES string of the molecule is CC(C(N)=O)S(=O)(=O)c1ccc(N)cc1. The summed E-state index contributed by atoms with van der Waals surface area (Å²) < 4.78 is 23.5. The normalized spacial score (nSPS) is 13.4. The number of rotatable bonds is 3. The molecule has 0 spiro atoms. The van der Waals surface area contributed by atoms with E-state index in [1.165, 1.54) is 31.2 Å². The standard InChI is InChI=1S/C9H12N2O3S/c1-6(9(11)12)15(13,14)8-4-2-7(10)3-5-8/h2-6H,10H2,1H3,(H2,11,12). The first kappa shape index (κ1) is 11.5. The number of primary amides is 1. The molecule has 1 unspecified atom stereocenters. The Labute approximate surface area is 88.0 Å². The van der Waals surface area contributed by atoms with E-state index in [0.29, 0.717) is 5.69 Å². The molecule has 0 radical (unpaired) electrons. The van der Waals surface area contributed by atoms with Crippen LogP contribution in [0.15, 0.2) is 29.2 Å². The summed E-state index contributed by atoms with van der Waals surface area (Å²) in [5.41, 5.74) is 10.8. The molecule has 1 atom stereocenters. The van der Waals surface area contributed by atoms with E-state index in [1.54, 1.807) is 0 Å². The molecule has 1 aromatic carbocycles. The summed E-state index contributed by atoms with van der Waals surface area (Å²) in [6, 6.07) is 5.62. The van der Waals surface area contributed by atoms with Crippen molar-refractivity contribution < 1.29 is 13.2 Å². The Morgan fingerprint density at radius 1 is 1.27 bits per heavy atom. The van der Waals surface area contributed by atoms with E-state index >= 15 is 0 Å². The summed E-state index contributed by atoms with van der Waals surface area (Å²) in [5, 5.41) is -1.24. The van der Waals surface area contributed by atoms with Crippen molar-refractivity contribution in [3.63, 3.8) is 0 Å². The average molecular weight is 228 g/mol. The van der Waals surface area contributed by atoms with Crippen molar-refractivity contribution in [3.8, 4) is 0 Å². The molecule has 5 nitrogen and oxygen atoms in total. The smallest absolute Gasteiger partial charge is 0.235 e. The summed E-state index contributed by atoms with van der Waals surface area (Å²) in [7, 11) is -3.69. The van der Waals surface area contributed by atoms with Crippen molar-refractivity contribution in [1.82, 2.24) is 0 Å².